The number of hydrogen-bond acceptors (Lipinski definition) is 18. The number of piperazine rings is 3. The van der Waals surface area contributed by atoms with Gasteiger partial charge in [0, 0.05) is 101 Å². The molecule has 9 aliphatic heterocycles. The number of nitrogens with zero attached hydrogens (tertiary/aromatic N) is 6. The minimum atomic E-state index is -3.67. The van der Waals surface area contributed by atoms with E-state index < -0.39 is 24.6 Å². The van der Waals surface area contributed by atoms with Gasteiger partial charge in [0.2, 0.25) is 11.8 Å². The molecule has 0 aliphatic carbocycles. The SMILES string of the molecule is C.CC(C)(C)OC(=O)N1CC2CCC(C1)N2.CCOC(=O)C1CC/C(=C\[N+](=O)[O-])N1Cc1ccccc1.CCOC(=O)C1CCC(=O)N1.CCOC(=O)C1CCC(OCC)=[N+]1Cc1ccccc1.FB(F)F.O=C1NCC2CCC1N2Cc1ccccc1.[F-].c1ccc(CN2C3CCC2CNC3)cc1. The Bertz CT molecular complexity index is 3320. The van der Waals surface area contributed by atoms with Crippen LogP contribution in [-0.4, -0.2) is 197 Å². The molecular weight excluding hydrogens is 1350 g/mol. The quantitative estimate of drug-likeness (QED) is 0.0165. The number of halogens is 4. The molecule has 13 rings (SSSR count). The maximum Gasteiger partial charge on any atom is 0.762 e. The largest absolute Gasteiger partial charge is 1.00 e. The van der Waals surface area contributed by atoms with Gasteiger partial charge in [0.25, 0.3) is 12.2 Å². The second-order valence-electron chi connectivity index (χ2n) is 27.1. The molecule has 9 unspecified atom stereocenters. The third-order valence-corrected chi connectivity index (χ3v) is 18.7. The summed E-state index contributed by atoms with van der Waals surface area (Å²) in [6.45, 7) is 22.7. The van der Waals surface area contributed by atoms with Crippen molar-refractivity contribution in [2.45, 2.75) is 219 Å². The van der Waals surface area contributed by atoms with E-state index in [0.29, 0.717) is 89.0 Å². The molecule has 3 amide bonds. The highest BCUT2D eigenvalue weighted by molar-refractivity contribution is 6.33. The second-order valence-corrected chi connectivity index (χ2v) is 27.1. The number of allylic oxidation sites excluding steroid dienone is 1. The van der Waals surface area contributed by atoms with Gasteiger partial charge in [-0.3, -0.25) is 42.5 Å². The number of benzene rings is 4. The minimum Gasteiger partial charge on any atom is -1.00 e. The lowest BCUT2D eigenvalue weighted by Crippen LogP contribution is -3.00. The van der Waals surface area contributed by atoms with Crippen molar-refractivity contribution in [2.24, 2.45) is 0 Å². The van der Waals surface area contributed by atoms with Crippen molar-refractivity contribution in [2.75, 3.05) is 59.2 Å². The molecule has 9 atom stereocenters. The van der Waals surface area contributed by atoms with E-state index in [1.54, 1.807) is 18.7 Å². The van der Waals surface area contributed by atoms with Crippen molar-refractivity contribution in [1.82, 2.24) is 40.9 Å². The fraction of sp³-hybridized carbons (Fsp3) is 0.566. The van der Waals surface area contributed by atoms with Crippen molar-refractivity contribution in [3.05, 3.63) is 166 Å². The van der Waals surface area contributed by atoms with Crippen LogP contribution in [0.3, 0.4) is 0 Å². The molecule has 0 spiro atoms. The number of ether oxygens (including phenoxy) is 5. The summed E-state index contributed by atoms with van der Waals surface area (Å²) in [5.41, 5.74) is 5.11. The van der Waals surface area contributed by atoms with Gasteiger partial charge in [-0.2, -0.15) is 4.58 Å². The number of nitro groups is 1. The van der Waals surface area contributed by atoms with E-state index in [4.69, 9.17) is 23.7 Å². The van der Waals surface area contributed by atoms with Gasteiger partial charge < -0.3 is 59.5 Å². The smallest absolute Gasteiger partial charge is 0.762 e. The Hall–Kier alpha value is -8.47. The highest BCUT2D eigenvalue weighted by Gasteiger charge is 2.44. The monoisotopic (exact) mass is 1460 g/mol. The summed E-state index contributed by atoms with van der Waals surface area (Å²) < 4.78 is 57.0. The highest BCUT2D eigenvalue weighted by Crippen LogP contribution is 2.32. The van der Waals surface area contributed by atoms with E-state index in [1.807, 2.05) is 98.7 Å². The molecule has 104 heavy (non-hydrogen) atoms. The number of rotatable bonds is 16. The number of carbonyl (C=O) groups is 6. The van der Waals surface area contributed by atoms with Crippen molar-refractivity contribution in [3.63, 3.8) is 0 Å². The Morgan fingerprint density at radius 1 is 0.615 bits per heavy atom. The molecular formula is C76H109BF4N10O13. The normalized spacial score (nSPS) is 23.5. The summed E-state index contributed by atoms with van der Waals surface area (Å²) in [5.74, 6) is 0.249. The van der Waals surface area contributed by atoms with Crippen LogP contribution in [0.5, 0.6) is 0 Å². The molecule has 23 nitrogen and oxygen atoms in total. The van der Waals surface area contributed by atoms with Crippen LogP contribution in [0.25, 0.3) is 0 Å². The minimum absolute atomic E-state index is 0. The number of fused-ring (bicyclic) bond motifs is 6. The van der Waals surface area contributed by atoms with Gasteiger partial charge in [0.1, 0.15) is 17.7 Å². The van der Waals surface area contributed by atoms with Gasteiger partial charge in [-0.25, -0.2) is 19.2 Å². The lowest BCUT2D eigenvalue weighted by molar-refractivity contribution is -0.569. The van der Waals surface area contributed by atoms with Gasteiger partial charge in [-0.15, -0.1) is 0 Å². The predicted octanol–water partition coefficient (Wildman–Crippen LogP) is 7.17. The summed E-state index contributed by atoms with van der Waals surface area (Å²) in [7, 11) is -3.67. The first kappa shape index (κ1) is 86.2. The summed E-state index contributed by atoms with van der Waals surface area (Å²) in [5, 5.41) is 23.3. The summed E-state index contributed by atoms with van der Waals surface area (Å²) >= 11 is 0. The van der Waals surface area contributed by atoms with Crippen molar-refractivity contribution >= 4 is 49.3 Å². The molecule has 9 aliphatic rings. The van der Waals surface area contributed by atoms with E-state index in [2.05, 4.69) is 97.8 Å². The molecule has 4 aromatic carbocycles. The number of nitrogens with one attached hydrogen (secondary N) is 4. The van der Waals surface area contributed by atoms with Gasteiger partial charge in [-0.05, 0) is 123 Å². The molecule has 8 saturated heterocycles. The maximum absolute atomic E-state index is 12.1. The average molecular weight is 1460 g/mol. The van der Waals surface area contributed by atoms with Crippen molar-refractivity contribution in [1.29, 1.82) is 0 Å². The van der Waals surface area contributed by atoms with Crippen LogP contribution in [0.4, 0.5) is 17.7 Å². The van der Waals surface area contributed by atoms with Gasteiger partial charge in [-0.1, -0.05) is 129 Å². The first-order chi connectivity index (χ1) is 49.1. The van der Waals surface area contributed by atoms with Crippen LogP contribution in [0.15, 0.2) is 133 Å². The van der Waals surface area contributed by atoms with Crippen LogP contribution in [-0.2, 0) is 73.8 Å². The van der Waals surface area contributed by atoms with E-state index >= 15 is 0 Å². The lowest BCUT2D eigenvalue weighted by Gasteiger charge is -2.35. The summed E-state index contributed by atoms with van der Waals surface area (Å²) in [6, 6.07) is 43.1. The molecule has 6 bridgehead atoms. The number of carbonyl (C=O) groups excluding carboxylic acids is 6. The van der Waals surface area contributed by atoms with Crippen molar-refractivity contribution in [3.8, 4) is 0 Å². The number of amides is 3. The third kappa shape index (κ3) is 27.9. The van der Waals surface area contributed by atoms with E-state index in [0.717, 1.165) is 88.2 Å². The molecule has 8 fully saturated rings. The third-order valence-electron chi connectivity index (χ3n) is 18.7. The molecule has 572 valence electrons. The average Bonchev–Trinajstić information content (AvgIpc) is 1.63. The first-order valence-corrected chi connectivity index (χ1v) is 36.0. The van der Waals surface area contributed by atoms with Crippen LogP contribution < -0.4 is 26.0 Å². The number of esters is 3. The van der Waals surface area contributed by atoms with E-state index in [1.165, 1.54) is 55.5 Å². The van der Waals surface area contributed by atoms with Gasteiger partial charge in [0.05, 0.1) is 49.5 Å². The zero-order chi connectivity index (χ0) is 73.6. The van der Waals surface area contributed by atoms with Crippen molar-refractivity contribution < 1.29 is 79.6 Å². The number of likely N-dealkylation sites (tertiary alicyclic amines) is 2. The molecule has 4 N–H and O–H groups in total. The van der Waals surface area contributed by atoms with Crippen LogP contribution in [0.1, 0.15) is 155 Å². The Balaban J connectivity index is 0.000000223. The molecule has 0 aromatic heterocycles. The second kappa shape index (κ2) is 44.4. The highest BCUT2D eigenvalue weighted by atomic mass is 19.4. The first-order valence-electron chi connectivity index (χ1n) is 36.0. The summed E-state index contributed by atoms with van der Waals surface area (Å²) in [6.07, 6.45) is 11.7. The van der Waals surface area contributed by atoms with Crippen LogP contribution in [0.2, 0.25) is 0 Å². The van der Waals surface area contributed by atoms with E-state index in [-0.39, 0.29) is 65.6 Å². The molecule has 28 heteroatoms. The van der Waals surface area contributed by atoms with Gasteiger partial charge >= 0.3 is 37.4 Å². The van der Waals surface area contributed by atoms with E-state index in [9.17, 15) is 51.8 Å². The molecule has 0 radical (unpaired) electrons. The zero-order valence-corrected chi connectivity index (χ0v) is 60.6. The Morgan fingerprint density at radius 3 is 1.61 bits per heavy atom. The van der Waals surface area contributed by atoms with Crippen LogP contribution in [0, 0.1) is 10.1 Å². The molecule has 0 saturated carbocycles. The molecule has 4 aromatic rings. The van der Waals surface area contributed by atoms with Gasteiger partial charge in [0.15, 0.2) is 6.54 Å². The lowest BCUT2D eigenvalue weighted by atomic mass is 10.1. The Morgan fingerprint density at radius 2 is 1.11 bits per heavy atom. The zero-order valence-electron chi connectivity index (χ0n) is 60.6. The Labute approximate surface area is 611 Å². The summed E-state index contributed by atoms with van der Waals surface area (Å²) in [4.78, 5) is 88.1. The predicted molar refractivity (Wildman–Crippen MR) is 388 cm³/mol. The fourth-order valence-corrected chi connectivity index (χ4v) is 14.1. The number of hydrogen-bond donors (Lipinski definition) is 4. The van der Waals surface area contributed by atoms with Crippen LogP contribution >= 0.6 is 0 Å². The molecule has 9 heterocycles. The maximum atomic E-state index is 12.1. The Kier molecular flexibility index (Phi) is 36.8. The standard InChI is InChI=1S/C16H22NO3.C15H18N2O4.C13H16N2O.C13H18N2.C11H20N2O2.C7H11NO3.CH4.BF3.FH/c1-3-19-15-11-10-14(16(18)20-4-2)17(15)12-13-8-6-5-7-9-13;1-2-21-15(18)14-9-8-13(11-17(19)20)16(14)10-12-6-4-3-5-7-12;16-13-12-7-6-11(8-14-13)15(12)9-10-4-2-1-3-5-10;1-2-4-11(5-3-1)10-15-12-6-7-13(15)9-14-8-12;1-11(2,3)15-10(14)13-6-8-4-5-9(7-13)12-8;1-2-11-7(10)5-3-4-6(9)8-5;;2-1(3)4;/h5-9,14H,3-4,10-12H2,1-2H3;3-7,11,14H,2,8-10H2,1H3;1-5,11-12H,6-9H2,(H,14,16);1-5,12-14H,6-10H2;8-9,12H,4-7H2,1-3H3;5H,2-4H2,1H3,(H,8,9);1H4;;1H/q+1;;;;;;;;/p-1/b;13-11+;;;;;;;. The topological polar surface area (TPSA) is 256 Å². The fourth-order valence-electron chi connectivity index (χ4n) is 14.1.